The van der Waals surface area contributed by atoms with E-state index in [1.165, 1.54) is 0 Å². The van der Waals surface area contributed by atoms with Crippen LogP contribution in [0.15, 0.2) is 24.3 Å². The second-order valence-electron chi connectivity index (χ2n) is 4.69. The highest BCUT2D eigenvalue weighted by molar-refractivity contribution is 5.85. The van der Waals surface area contributed by atoms with Gasteiger partial charge in [-0.2, -0.15) is 0 Å². The van der Waals surface area contributed by atoms with Crippen LogP contribution in [-0.2, 0) is 16.0 Å². The third-order valence-corrected chi connectivity index (χ3v) is 3.14. The minimum absolute atomic E-state index is 0.104. The smallest absolute Gasteiger partial charge is 0.326 e. The molecule has 1 aromatic carbocycles. The van der Waals surface area contributed by atoms with Gasteiger partial charge < -0.3 is 16.2 Å². The van der Waals surface area contributed by atoms with Crippen LogP contribution in [0, 0.1) is 5.92 Å². The largest absolute Gasteiger partial charge is 0.480 e. The fourth-order valence-corrected chi connectivity index (χ4v) is 1.73. The minimum atomic E-state index is -1.000. The number of carbonyl (C=O) groups excluding carboxylic acids is 1. The van der Waals surface area contributed by atoms with Gasteiger partial charge in [-0.05, 0) is 23.6 Å². The van der Waals surface area contributed by atoms with Gasteiger partial charge in [-0.1, -0.05) is 32.4 Å². The molecule has 0 bridgehead atoms. The van der Waals surface area contributed by atoms with Gasteiger partial charge in [0, 0.05) is 5.69 Å². The Hall–Kier alpha value is -2.04. The van der Waals surface area contributed by atoms with E-state index in [1.807, 2.05) is 13.8 Å². The summed E-state index contributed by atoms with van der Waals surface area (Å²) in [6, 6.07) is 6.10. The van der Waals surface area contributed by atoms with Gasteiger partial charge in [-0.3, -0.25) is 4.79 Å². The summed E-state index contributed by atoms with van der Waals surface area (Å²) in [6.45, 7) is 3.70. The Morgan fingerprint density at radius 2 is 1.89 bits per heavy atom. The van der Waals surface area contributed by atoms with Crippen molar-refractivity contribution in [3.63, 3.8) is 0 Å². The lowest BCUT2D eigenvalue weighted by atomic mass is 9.99. The molecule has 4 N–H and O–H groups in total. The van der Waals surface area contributed by atoms with E-state index in [2.05, 4.69) is 5.32 Å². The average molecular weight is 264 g/mol. The number of carboxylic acids is 1. The second-order valence-corrected chi connectivity index (χ2v) is 4.69. The number of anilines is 1. The van der Waals surface area contributed by atoms with Gasteiger partial charge in [0.25, 0.3) is 0 Å². The van der Waals surface area contributed by atoms with Crippen molar-refractivity contribution in [3.05, 3.63) is 29.8 Å². The standard InChI is InChI=1S/C14H20N2O3/c1-3-9(2)13(14(18)19)16-12(17)8-10-4-6-11(15)7-5-10/h4-7,9,13H,3,8,15H2,1-2H3,(H,16,17)(H,18,19)/t9-,13-/m0/s1. The molecule has 1 aromatic rings. The van der Waals surface area contributed by atoms with Gasteiger partial charge in [0.1, 0.15) is 6.04 Å². The minimum Gasteiger partial charge on any atom is -0.480 e. The van der Waals surface area contributed by atoms with Gasteiger partial charge in [0.05, 0.1) is 6.42 Å². The highest BCUT2D eigenvalue weighted by Gasteiger charge is 2.25. The molecule has 0 aromatic heterocycles. The summed E-state index contributed by atoms with van der Waals surface area (Å²) in [5.74, 6) is -1.40. The van der Waals surface area contributed by atoms with Crippen LogP contribution in [0.3, 0.4) is 0 Å². The zero-order chi connectivity index (χ0) is 14.4. The fourth-order valence-electron chi connectivity index (χ4n) is 1.73. The lowest BCUT2D eigenvalue weighted by Crippen LogP contribution is -2.45. The van der Waals surface area contributed by atoms with Crippen LogP contribution in [0.2, 0.25) is 0 Å². The molecule has 0 aliphatic carbocycles. The van der Waals surface area contributed by atoms with Gasteiger partial charge in [-0.25, -0.2) is 4.79 Å². The maximum Gasteiger partial charge on any atom is 0.326 e. The molecule has 1 amide bonds. The summed E-state index contributed by atoms with van der Waals surface area (Å²) >= 11 is 0. The number of benzene rings is 1. The zero-order valence-electron chi connectivity index (χ0n) is 11.2. The zero-order valence-corrected chi connectivity index (χ0v) is 11.2. The van der Waals surface area contributed by atoms with E-state index in [4.69, 9.17) is 10.8 Å². The first-order chi connectivity index (χ1) is 8.93. The molecule has 104 valence electrons. The molecule has 0 saturated heterocycles. The van der Waals surface area contributed by atoms with Gasteiger partial charge in [0.2, 0.25) is 5.91 Å². The first-order valence-corrected chi connectivity index (χ1v) is 6.30. The molecule has 0 spiro atoms. The van der Waals surface area contributed by atoms with Crippen LogP contribution in [0.1, 0.15) is 25.8 Å². The number of carbonyl (C=O) groups is 2. The Bertz CT molecular complexity index is 443. The van der Waals surface area contributed by atoms with Crippen LogP contribution in [0.5, 0.6) is 0 Å². The Morgan fingerprint density at radius 3 is 2.37 bits per heavy atom. The van der Waals surface area contributed by atoms with Crippen molar-refractivity contribution in [1.29, 1.82) is 0 Å². The van der Waals surface area contributed by atoms with Gasteiger partial charge >= 0.3 is 5.97 Å². The molecule has 0 unspecified atom stereocenters. The van der Waals surface area contributed by atoms with E-state index in [0.29, 0.717) is 12.1 Å². The molecular formula is C14H20N2O3. The number of hydrogen-bond acceptors (Lipinski definition) is 3. The van der Waals surface area contributed by atoms with E-state index in [9.17, 15) is 9.59 Å². The number of rotatable bonds is 6. The quantitative estimate of drug-likeness (QED) is 0.678. The Morgan fingerprint density at radius 1 is 1.32 bits per heavy atom. The van der Waals surface area contributed by atoms with Gasteiger partial charge in [-0.15, -0.1) is 0 Å². The number of nitrogen functional groups attached to an aromatic ring is 1. The van der Waals surface area contributed by atoms with E-state index in [-0.39, 0.29) is 18.2 Å². The summed E-state index contributed by atoms with van der Waals surface area (Å²) in [4.78, 5) is 22.9. The molecular weight excluding hydrogens is 244 g/mol. The lowest BCUT2D eigenvalue weighted by molar-refractivity contribution is -0.143. The van der Waals surface area contributed by atoms with E-state index >= 15 is 0 Å². The predicted molar refractivity (Wildman–Crippen MR) is 73.6 cm³/mol. The first-order valence-electron chi connectivity index (χ1n) is 6.30. The van der Waals surface area contributed by atoms with Crippen molar-refractivity contribution in [1.82, 2.24) is 5.32 Å². The SMILES string of the molecule is CC[C@H](C)[C@H](NC(=O)Cc1ccc(N)cc1)C(=O)O. The summed E-state index contributed by atoms with van der Waals surface area (Å²) in [7, 11) is 0. The molecule has 0 fully saturated rings. The summed E-state index contributed by atoms with van der Waals surface area (Å²) in [5, 5.41) is 11.7. The second kappa shape index (κ2) is 6.78. The van der Waals surface area contributed by atoms with Crippen LogP contribution < -0.4 is 11.1 Å². The fraction of sp³-hybridized carbons (Fsp3) is 0.429. The van der Waals surface area contributed by atoms with Crippen LogP contribution in [-0.4, -0.2) is 23.0 Å². The molecule has 19 heavy (non-hydrogen) atoms. The molecule has 0 heterocycles. The van der Waals surface area contributed by atoms with Crippen LogP contribution in [0.4, 0.5) is 5.69 Å². The maximum atomic E-state index is 11.8. The molecule has 0 aliphatic rings. The normalized spacial score (nSPS) is 13.6. The van der Waals surface area contributed by atoms with Crippen molar-refractivity contribution >= 4 is 17.6 Å². The third-order valence-electron chi connectivity index (χ3n) is 3.14. The number of nitrogens with one attached hydrogen (secondary N) is 1. The average Bonchev–Trinajstić information content (AvgIpc) is 2.37. The van der Waals surface area contributed by atoms with Crippen LogP contribution >= 0.6 is 0 Å². The highest BCUT2D eigenvalue weighted by atomic mass is 16.4. The highest BCUT2D eigenvalue weighted by Crippen LogP contribution is 2.09. The van der Waals surface area contributed by atoms with E-state index < -0.39 is 12.0 Å². The lowest BCUT2D eigenvalue weighted by Gasteiger charge is -2.20. The van der Waals surface area contributed by atoms with Crippen LogP contribution in [0.25, 0.3) is 0 Å². The topological polar surface area (TPSA) is 92.4 Å². The molecule has 2 atom stereocenters. The molecule has 1 rings (SSSR count). The number of aliphatic carboxylic acids is 1. The number of amides is 1. The third kappa shape index (κ3) is 4.62. The Labute approximate surface area is 112 Å². The summed E-state index contributed by atoms with van der Waals surface area (Å²) < 4.78 is 0. The van der Waals surface area contributed by atoms with E-state index in [1.54, 1.807) is 24.3 Å². The molecule has 0 radical (unpaired) electrons. The van der Waals surface area contributed by atoms with Gasteiger partial charge in [0.15, 0.2) is 0 Å². The molecule has 0 saturated carbocycles. The van der Waals surface area contributed by atoms with Crippen molar-refractivity contribution < 1.29 is 14.7 Å². The first kappa shape index (κ1) is 15.0. The van der Waals surface area contributed by atoms with Crippen molar-refractivity contribution in [2.75, 3.05) is 5.73 Å². The monoisotopic (exact) mass is 264 g/mol. The molecule has 5 heteroatoms. The number of hydrogen-bond donors (Lipinski definition) is 3. The molecule has 5 nitrogen and oxygen atoms in total. The van der Waals surface area contributed by atoms with Crippen molar-refractivity contribution in [2.45, 2.75) is 32.7 Å². The number of carboxylic acid groups (broad SMARTS) is 1. The molecule has 0 aliphatic heterocycles. The Kier molecular flexibility index (Phi) is 5.36. The summed E-state index contributed by atoms with van der Waals surface area (Å²) in [5.41, 5.74) is 6.99. The van der Waals surface area contributed by atoms with E-state index in [0.717, 1.165) is 5.56 Å². The summed E-state index contributed by atoms with van der Waals surface area (Å²) in [6.07, 6.45) is 0.847. The Balaban J connectivity index is 2.62. The van der Waals surface area contributed by atoms with Crippen molar-refractivity contribution in [3.8, 4) is 0 Å². The van der Waals surface area contributed by atoms with Crippen molar-refractivity contribution in [2.24, 2.45) is 5.92 Å². The maximum absolute atomic E-state index is 11.8. The number of nitrogens with two attached hydrogens (primary N) is 1. The predicted octanol–water partition coefficient (Wildman–Crippen LogP) is 1.43.